The standard InChI is InChI=1S/C13H11ClF3N/c14-11-9-3-1-2-4-10(9)18-6-5-8(12(11)18)7-13(15,16)17/h1-4,8H,5-7H2. The van der Waals surface area contributed by atoms with Gasteiger partial charge in [-0.25, -0.2) is 0 Å². The Morgan fingerprint density at radius 1 is 1.28 bits per heavy atom. The van der Waals surface area contributed by atoms with Gasteiger partial charge in [-0.15, -0.1) is 0 Å². The number of para-hydroxylation sites is 1. The van der Waals surface area contributed by atoms with Crippen molar-refractivity contribution in [2.75, 3.05) is 0 Å². The summed E-state index contributed by atoms with van der Waals surface area (Å²) < 4.78 is 39.5. The first-order chi connectivity index (χ1) is 8.47. The van der Waals surface area contributed by atoms with E-state index in [0.717, 1.165) is 10.9 Å². The van der Waals surface area contributed by atoms with Crippen molar-refractivity contribution < 1.29 is 13.2 Å². The SMILES string of the molecule is FC(F)(F)CC1CCn2c1c(Cl)c1ccccc12. The number of hydrogen-bond donors (Lipinski definition) is 0. The van der Waals surface area contributed by atoms with E-state index in [9.17, 15) is 13.2 Å². The highest BCUT2D eigenvalue weighted by Gasteiger charge is 2.38. The van der Waals surface area contributed by atoms with Crippen LogP contribution in [-0.4, -0.2) is 10.7 Å². The van der Waals surface area contributed by atoms with E-state index in [-0.39, 0.29) is 0 Å². The Hall–Kier alpha value is -1.16. The topological polar surface area (TPSA) is 4.93 Å². The minimum Gasteiger partial charge on any atom is -0.343 e. The van der Waals surface area contributed by atoms with Gasteiger partial charge in [0.1, 0.15) is 0 Å². The van der Waals surface area contributed by atoms with E-state index in [2.05, 4.69) is 0 Å². The molecule has 0 bridgehead atoms. The molecule has 0 aliphatic carbocycles. The van der Waals surface area contributed by atoms with Crippen molar-refractivity contribution in [1.82, 2.24) is 4.57 Å². The Morgan fingerprint density at radius 3 is 2.72 bits per heavy atom. The lowest BCUT2D eigenvalue weighted by Gasteiger charge is -2.12. The zero-order valence-corrected chi connectivity index (χ0v) is 10.2. The van der Waals surface area contributed by atoms with Crippen molar-refractivity contribution >= 4 is 22.5 Å². The molecular weight excluding hydrogens is 263 g/mol. The molecule has 0 radical (unpaired) electrons. The molecule has 2 heterocycles. The molecule has 0 amide bonds. The van der Waals surface area contributed by atoms with Crippen LogP contribution in [0.3, 0.4) is 0 Å². The van der Waals surface area contributed by atoms with Crippen molar-refractivity contribution in [2.24, 2.45) is 0 Å². The van der Waals surface area contributed by atoms with Crippen LogP contribution in [0.4, 0.5) is 13.2 Å². The van der Waals surface area contributed by atoms with E-state index in [1.165, 1.54) is 0 Å². The van der Waals surface area contributed by atoms with Crippen LogP contribution in [0, 0.1) is 0 Å². The molecule has 1 aliphatic rings. The fourth-order valence-corrected chi connectivity index (χ4v) is 3.24. The molecule has 96 valence electrons. The van der Waals surface area contributed by atoms with E-state index in [1.807, 2.05) is 28.8 Å². The minimum absolute atomic E-state index is 0.484. The van der Waals surface area contributed by atoms with E-state index in [0.29, 0.717) is 23.7 Å². The predicted molar refractivity (Wildman–Crippen MR) is 65.0 cm³/mol. The minimum atomic E-state index is -4.14. The molecule has 0 N–H and O–H groups in total. The quantitative estimate of drug-likeness (QED) is 0.707. The van der Waals surface area contributed by atoms with E-state index in [1.54, 1.807) is 0 Å². The summed E-state index contributed by atoms with van der Waals surface area (Å²) in [6.45, 7) is 0.614. The van der Waals surface area contributed by atoms with Gasteiger partial charge in [-0.2, -0.15) is 13.2 Å². The summed E-state index contributed by atoms with van der Waals surface area (Å²) in [6, 6.07) is 7.49. The maximum Gasteiger partial charge on any atom is 0.389 e. The highest BCUT2D eigenvalue weighted by atomic mass is 35.5. The zero-order valence-electron chi connectivity index (χ0n) is 9.47. The highest BCUT2D eigenvalue weighted by molar-refractivity contribution is 6.36. The molecule has 0 fully saturated rings. The maximum atomic E-state index is 12.5. The van der Waals surface area contributed by atoms with Crippen LogP contribution in [0.25, 0.3) is 10.9 Å². The first-order valence-electron chi connectivity index (χ1n) is 5.81. The lowest BCUT2D eigenvalue weighted by molar-refractivity contribution is -0.138. The second kappa shape index (κ2) is 3.92. The number of hydrogen-bond acceptors (Lipinski definition) is 0. The van der Waals surface area contributed by atoms with Gasteiger partial charge < -0.3 is 4.57 Å². The molecule has 1 aromatic heterocycles. The lowest BCUT2D eigenvalue weighted by atomic mass is 10.00. The van der Waals surface area contributed by atoms with Crippen LogP contribution in [0.5, 0.6) is 0 Å². The largest absolute Gasteiger partial charge is 0.389 e. The van der Waals surface area contributed by atoms with Gasteiger partial charge in [0.25, 0.3) is 0 Å². The summed E-state index contributed by atoms with van der Waals surface area (Å²) in [7, 11) is 0. The van der Waals surface area contributed by atoms with Crippen LogP contribution in [0.1, 0.15) is 24.5 Å². The van der Waals surface area contributed by atoms with Gasteiger partial charge in [0, 0.05) is 29.1 Å². The van der Waals surface area contributed by atoms with Gasteiger partial charge in [-0.05, 0) is 12.5 Å². The van der Waals surface area contributed by atoms with Crippen molar-refractivity contribution in [3.8, 4) is 0 Å². The van der Waals surface area contributed by atoms with E-state index in [4.69, 9.17) is 11.6 Å². The molecule has 0 saturated heterocycles. The summed E-state index contributed by atoms with van der Waals surface area (Å²) in [4.78, 5) is 0. The molecule has 1 aromatic carbocycles. The van der Waals surface area contributed by atoms with Gasteiger partial charge in [0.05, 0.1) is 11.4 Å². The van der Waals surface area contributed by atoms with Crippen molar-refractivity contribution in [3.63, 3.8) is 0 Å². The second-order valence-electron chi connectivity index (χ2n) is 4.67. The fraction of sp³-hybridized carbons (Fsp3) is 0.385. The summed E-state index contributed by atoms with van der Waals surface area (Å²) in [5.74, 6) is -0.509. The summed E-state index contributed by atoms with van der Waals surface area (Å²) in [6.07, 6.45) is -4.41. The van der Waals surface area contributed by atoms with Gasteiger partial charge >= 0.3 is 6.18 Å². The molecule has 5 heteroatoms. The number of aromatic nitrogens is 1. The van der Waals surface area contributed by atoms with Crippen LogP contribution in [-0.2, 0) is 6.54 Å². The summed E-state index contributed by atoms with van der Waals surface area (Å²) in [5.41, 5.74) is 1.58. The third kappa shape index (κ3) is 1.79. The molecule has 0 saturated carbocycles. The van der Waals surface area contributed by atoms with Crippen molar-refractivity contribution in [3.05, 3.63) is 35.0 Å². The third-order valence-electron chi connectivity index (χ3n) is 3.51. The first-order valence-corrected chi connectivity index (χ1v) is 6.18. The van der Waals surface area contributed by atoms with Crippen LogP contribution in [0.2, 0.25) is 5.02 Å². The number of benzene rings is 1. The maximum absolute atomic E-state index is 12.5. The number of fused-ring (bicyclic) bond motifs is 3. The average Bonchev–Trinajstić information content (AvgIpc) is 2.80. The molecule has 18 heavy (non-hydrogen) atoms. The Balaban J connectivity index is 2.11. The van der Waals surface area contributed by atoms with Gasteiger partial charge in [-0.3, -0.25) is 0 Å². The van der Waals surface area contributed by atoms with E-state index < -0.39 is 18.5 Å². The molecule has 1 nitrogen and oxygen atoms in total. The molecule has 0 spiro atoms. The van der Waals surface area contributed by atoms with E-state index >= 15 is 0 Å². The molecule has 1 unspecified atom stereocenters. The Labute approximate surface area is 107 Å². The smallest absolute Gasteiger partial charge is 0.343 e. The third-order valence-corrected chi connectivity index (χ3v) is 3.91. The Morgan fingerprint density at radius 2 is 2.00 bits per heavy atom. The Bertz CT molecular complexity index is 600. The van der Waals surface area contributed by atoms with Gasteiger partial charge in [-0.1, -0.05) is 29.8 Å². The molecular formula is C13H11ClF3N. The van der Waals surface area contributed by atoms with Crippen LogP contribution in [0.15, 0.2) is 24.3 Å². The normalized spacial score (nSPS) is 19.4. The number of halogens is 4. The van der Waals surface area contributed by atoms with Crippen LogP contribution >= 0.6 is 11.6 Å². The van der Waals surface area contributed by atoms with Crippen LogP contribution < -0.4 is 0 Å². The van der Waals surface area contributed by atoms with Gasteiger partial charge in [0.2, 0.25) is 0 Å². The predicted octanol–water partition coefficient (Wildman–Crippen LogP) is 4.73. The average molecular weight is 274 g/mol. The highest BCUT2D eigenvalue weighted by Crippen LogP contribution is 2.45. The molecule has 2 aromatic rings. The molecule has 1 aliphatic heterocycles. The summed E-state index contributed by atoms with van der Waals surface area (Å²) >= 11 is 6.24. The first kappa shape index (κ1) is 11.9. The summed E-state index contributed by atoms with van der Waals surface area (Å²) in [5, 5.41) is 1.33. The Kier molecular flexibility index (Phi) is 2.59. The van der Waals surface area contributed by atoms with Gasteiger partial charge in [0.15, 0.2) is 0 Å². The number of rotatable bonds is 1. The number of nitrogens with zero attached hydrogens (tertiary/aromatic N) is 1. The number of aryl methyl sites for hydroxylation is 1. The second-order valence-corrected chi connectivity index (χ2v) is 5.05. The zero-order chi connectivity index (χ0) is 12.9. The van der Waals surface area contributed by atoms with Crippen molar-refractivity contribution in [2.45, 2.75) is 31.5 Å². The fourth-order valence-electron chi connectivity index (χ4n) is 2.82. The number of alkyl halides is 3. The molecule has 3 rings (SSSR count). The van der Waals surface area contributed by atoms with Crippen molar-refractivity contribution in [1.29, 1.82) is 0 Å². The molecule has 1 atom stereocenters. The lowest BCUT2D eigenvalue weighted by Crippen LogP contribution is -2.12. The monoisotopic (exact) mass is 273 g/mol.